The van der Waals surface area contributed by atoms with Gasteiger partial charge < -0.3 is 10.2 Å². The predicted octanol–water partition coefficient (Wildman–Crippen LogP) is 5.08. The van der Waals surface area contributed by atoms with E-state index in [0.717, 1.165) is 44.1 Å². The van der Waals surface area contributed by atoms with Crippen molar-refractivity contribution in [3.8, 4) is 0 Å². The summed E-state index contributed by atoms with van der Waals surface area (Å²) >= 11 is 12.5. The smallest absolute Gasteiger partial charge is 0.149 e. The van der Waals surface area contributed by atoms with Gasteiger partial charge >= 0.3 is 0 Å². The average Bonchev–Trinajstić information content (AvgIpc) is 2.44. The minimum absolute atomic E-state index is 0.576. The molecule has 0 aliphatic rings. The Morgan fingerprint density at radius 1 is 1.25 bits per heavy atom. The highest BCUT2D eigenvalue weighted by Gasteiger charge is 2.16. The maximum Gasteiger partial charge on any atom is 0.149 e. The van der Waals surface area contributed by atoms with Gasteiger partial charge in [0.05, 0.1) is 10.0 Å². The number of nitrogens with zero attached hydrogens (tertiary/aromatic N) is 2. The van der Waals surface area contributed by atoms with Crippen LogP contribution in [-0.2, 0) is 0 Å². The van der Waals surface area contributed by atoms with Crippen LogP contribution < -0.4 is 10.2 Å². The molecule has 0 amide bonds. The molecule has 1 rings (SSSR count). The predicted molar refractivity (Wildman–Crippen MR) is 90.4 cm³/mol. The molecule has 1 aromatic heterocycles. The zero-order valence-corrected chi connectivity index (χ0v) is 14.4. The topological polar surface area (TPSA) is 28.2 Å². The monoisotopic (exact) mass is 317 g/mol. The third kappa shape index (κ3) is 4.71. The largest absolute Gasteiger partial charge is 0.369 e. The Labute approximate surface area is 132 Å². The van der Waals surface area contributed by atoms with Crippen molar-refractivity contribution in [2.24, 2.45) is 5.92 Å². The van der Waals surface area contributed by atoms with E-state index >= 15 is 0 Å². The number of rotatable bonds is 8. The summed E-state index contributed by atoms with van der Waals surface area (Å²) in [6.07, 6.45) is 2.17. The molecule has 0 radical (unpaired) electrons. The second-order valence-corrected chi connectivity index (χ2v) is 5.92. The van der Waals surface area contributed by atoms with Crippen LogP contribution in [0.5, 0.6) is 0 Å². The van der Waals surface area contributed by atoms with Crippen molar-refractivity contribution in [1.29, 1.82) is 0 Å². The fourth-order valence-corrected chi connectivity index (χ4v) is 2.46. The summed E-state index contributed by atoms with van der Waals surface area (Å²) in [4.78, 5) is 6.83. The van der Waals surface area contributed by atoms with Gasteiger partial charge in [-0.15, -0.1) is 0 Å². The Kier molecular flexibility index (Phi) is 7.46. The summed E-state index contributed by atoms with van der Waals surface area (Å²) in [6, 6.07) is 1.78. The number of pyridine rings is 1. The molecule has 1 atom stereocenters. The highest BCUT2D eigenvalue weighted by Crippen LogP contribution is 2.32. The molecule has 1 N–H and O–H groups in total. The molecule has 0 aromatic carbocycles. The summed E-state index contributed by atoms with van der Waals surface area (Å²) < 4.78 is 0. The van der Waals surface area contributed by atoms with E-state index in [0.29, 0.717) is 16.0 Å². The van der Waals surface area contributed by atoms with Crippen LogP contribution in [0.15, 0.2) is 6.07 Å². The van der Waals surface area contributed by atoms with E-state index < -0.39 is 0 Å². The van der Waals surface area contributed by atoms with Crippen LogP contribution in [0.2, 0.25) is 10.0 Å². The van der Waals surface area contributed by atoms with Crippen LogP contribution in [0.25, 0.3) is 0 Å². The first-order chi connectivity index (χ1) is 9.53. The second-order valence-electron chi connectivity index (χ2n) is 5.10. The van der Waals surface area contributed by atoms with Gasteiger partial charge in [-0.05, 0) is 25.3 Å². The van der Waals surface area contributed by atoms with Gasteiger partial charge in [-0.1, -0.05) is 50.4 Å². The Balaban J connectivity index is 3.01. The fraction of sp³-hybridized carbons (Fsp3) is 0.667. The van der Waals surface area contributed by atoms with E-state index in [1.165, 1.54) is 0 Å². The average molecular weight is 318 g/mol. The minimum atomic E-state index is 0.576. The van der Waals surface area contributed by atoms with Crippen LogP contribution in [0.1, 0.15) is 40.5 Å². The molecule has 0 aliphatic heterocycles. The highest BCUT2D eigenvalue weighted by molar-refractivity contribution is 6.37. The molecule has 0 saturated heterocycles. The SMILES string of the molecule is CCCNc1nc(N(CC)CC(C)CC)c(Cl)cc1Cl. The summed E-state index contributed by atoms with van der Waals surface area (Å²) in [7, 11) is 0. The molecule has 5 heteroatoms. The van der Waals surface area contributed by atoms with E-state index in [9.17, 15) is 0 Å². The number of hydrogen-bond acceptors (Lipinski definition) is 3. The van der Waals surface area contributed by atoms with E-state index in [1.54, 1.807) is 6.07 Å². The lowest BCUT2D eigenvalue weighted by molar-refractivity contribution is 0.545. The van der Waals surface area contributed by atoms with Crippen LogP contribution in [0.3, 0.4) is 0 Å². The first kappa shape index (κ1) is 17.4. The van der Waals surface area contributed by atoms with Gasteiger partial charge in [0.1, 0.15) is 11.6 Å². The Morgan fingerprint density at radius 3 is 2.50 bits per heavy atom. The van der Waals surface area contributed by atoms with Crippen LogP contribution in [0.4, 0.5) is 11.6 Å². The van der Waals surface area contributed by atoms with Gasteiger partial charge in [0.25, 0.3) is 0 Å². The van der Waals surface area contributed by atoms with Crippen molar-refractivity contribution in [1.82, 2.24) is 4.98 Å². The number of aromatic nitrogens is 1. The third-order valence-electron chi connectivity index (χ3n) is 3.36. The van der Waals surface area contributed by atoms with Gasteiger partial charge in [0, 0.05) is 19.6 Å². The van der Waals surface area contributed by atoms with Gasteiger partial charge in [-0.2, -0.15) is 0 Å². The molecule has 0 fully saturated rings. The van der Waals surface area contributed by atoms with E-state index in [1.807, 2.05) is 0 Å². The standard InChI is InChI=1S/C15H25Cl2N3/c1-5-8-18-14-12(16)9-13(17)15(19-14)20(7-3)10-11(4)6-2/h9,11H,5-8,10H2,1-4H3,(H,18,19). The van der Waals surface area contributed by atoms with E-state index in [-0.39, 0.29) is 0 Å². The molecular formula is C15H25Cl2N3. The summed E-state index contributed by atoms with van der Waals surface area (Å²) in [5.74, 6) is 2.14. The normalized spacial score (nSPS) is 12.3. The highest BCUT2D eigenvalue weighted by atomic mass is 35.5. The number of nitrogens with one attached hydrogen (secondary N) is 1. The minimum Gasteiger partial charge on any atom is -0.369 e. The lowest BCUT2D eigenvalue weighted by Gasteiger charge is -2.26. The first-order valence-corrected chi connectivity index (χ1v) is 8.13. The Morgan fingerprint density at radius 2 is 1.95 bits per heavy atom. The molecule has 0 spiro atoms. The lowest BCUT2D eigenvalue weighted by Crippen LogP contribution is -2.29. The molecule has 0 bridgehead atoms. The quantitative estimate of drug-likeness (QED) is 0.724. The van der Waals surface area contributed by atoms with Crippen LogP contribution in [0, 0.1) is 5.92 Å². The number of hydrogen-bond donors (Lipinski definition) is 1. The molecule has 1 aromatic rings. The van der Waals surface area contributed by atoms with Crippen LogP contribution >= 0.6 is 23.2 Å². The summed E-state index contributed by atoms with van der Waals surface area (Å²) in [5.41, 5.74) is 0. The summed E-state index contributed by atoms with van der Waals surface area (Å²) in [6.45, 7) is 11.4. The van der Waals surface area contributed by atoms with Gasteiger partial charge in [0.2, 0.25) is 0 Å². The first-order valence-electron chi connectivity index (χ1n) is 7.38. The Hall–Kier alpha value is -0.670. The van der Waals surface area contributed by atoms with E-state index in [4.69, 9.17) is 23.2 Å². The zero-order chi connectivity index (χ0) is 15.1. The molecule has 20 heavy (non-hydrogen) atoms. The van der Waals surface area contributed by atoms with Gasteiger partial charge in [-0.3, -0.25) is 0 Å². The molecule has 0 saturated carbocycles. The molecule has 1 unspecified atom stereocenters. The maximum absolute atomic E-state index is 6.32. The van der Waals surface area contributed by atoms with Crippen molar-refractivity contribution >= 4 is 34.8 Å². The third-order valence-corrected chi connectivity index (χ3v) is 3.93. The van der Waals surface area contributed by atoms with Crippen molar-refractivity contribution in [3.05, 3.63) is 16.1 Å². The van der Waals surface area contributed by atoms with Crippen LogP contribution in [-0.4, -0.2) is 24.6 Å². The fourth-order valence-electron chi connectivity index (χ4n) is 1.92. The zero-order valence-electron chi connectivity index (χ0n) is 12.8. The Bertz CT molecular complexity index is 424. The van der Waals surface area contributed by atoms with Crippen molar-refractivity contribution < 1.29 is 0 Å². The van der Waals surface area contributed by atoms with Crippen molar-refractivity contribution in [3.63, 3.8) is 0 Å². The van der Waals surface area contributed by atoms with Crippen molar-refractivity contribution in [2.45, 2.75) is 40.5 Å². The van der Waals surface area contributed by atoms with Crippen molar-refractivity contribution in [2.75, 3.05) is 29.9 Å². The molecule has 1 heterocycles. The number of anilines is 2. The lowest BCUT2D eigenvalue weighted by atomic mass is 10.1. The maximum atomic E-state index is 6.32. The molecule has 0 aliphatic carbocycles. The van der Waals surface area contributed by atoms with Gasteiger partial charge in [0.15, 0.2) is 0 Å². The summed E-state index contributed by atoms with van der Waals surface area (Å²) in [5, 5.41) is 4.44. The van der Waals surface area contributed by atoms with E-state index in [2.05, 4.69) is 42.9 Å². The molecular weight excluding hydrogens is 293 g/mol. The molecule has 114 valence electrons. The molecule has 3 nitrogen and oxygen atoms in total. The second kappa shape index (κ2) is 8.58. The number of halogens is 2. The van der Waals surface area contributed by atoms with Gasteiger partial charge in [-0.25, -0.2) is 4.98 Å².